The maximum Gasteiger partial charge on any atom is 0.131 e. The second kappa shape index (κ2) is 6.28. The summed E-state index contributed by atoms with van der Waals surface area (Å²) in [5.41, 5.74) is -0.158. The molecule has 1 unspecified atom stereocenters. The fourth-order valence-corrected chi connectivity index (χ4v) is 1.42. The van der Waals surface area contributed by atoms with E-state index in [0.717, 1.165) is 12.1 Å². The molecule has 1 aromatic carbocycles. The Bertz CT molecular complexity index is 402. The number of aliphatic hydroxyl groups is 1. The lowest BCUT2D eigenvalue weighted by Gasteiger charge is -2.14. The number of halogens is 2. The SMILES string of the molecule is CCC(CO)NCc1c(F)cc(C#N)cc1F. The van der Waals surface area contributed by atoms with Gasteiger partial charge in [0.25, 0.3) is 0 Å². The molecule has 1 atom stereocenters. The third kappa shape index (κ3) is 3.48. The zero-order valence-corrected chi connectivity index (χ0v) is 9.50. The maximum atomic E-state index is 13.5. The maximum absolute atomic E-state index is 13.5. The van der Waals surface area contributed by atoms with E-state index in [1.165, 1.54) is 0 Å². The minimum atomic E-state index is -0.748. The molecule has 0 saturated carbocycles. The van der Waals surface area contributed by atoms with Gasteiger partial charge in [0, 0.05) is 18.2 Å². The quantitative estimate of drug-likeness (QED) is 0.823. The Balaban J connectivity index is 2.82. The Morgan fingerprint density at radius 3 is 2.41 bits per heavy atom. The van der Waals surface area contributed by atoms with E-state index in [-0.39, 0.29) is 30.3 Å². The molecule has 0 heterocycles. The number of nitrogens with zero attached hydrogens (tertiary/aromatic N) is 1. The number of nitriles is 1. The molecule has 0 aliphatic rings. The second-order valence-electron chi connectivity index (χ2n) is 3.70. The van der Waals surface area contributed by atoms with Crippen LogP contribution in [0, 0.1) is 23.0 Å². The summed E-state index contributed by atoms with van der Waals surface area (Å²) in [6, 6.07) is 3.49. The monoisotopic (exact) mass is 240 g/mol. The van der Waals surface area contributed by atoms with Crippen LogP contribution in [0.3, 0.4) is 0 Å². The van der Waals surface area contributed by atoms with Crippen LogP contribution in [0.15, 0.2) is 12.1 Å². The van der Waals surface area contributed by atoms with Crippen LogP contribution < -0.4 is 5.32 Å². The average molecular weight is 240 g/mol. The van der Waals surface area contributed by atoms with Crippen molar-refractivity contribution in [3.05, 3.63) is 34.9 Å². The molecule has 0 amide bonds. The molecule has 0 aliphatic heterocycles. The molecule has 0 aromatic heterocycles. The van der Waals surface area contributed by atoms with Gasteiger partial charge in [-0.3, -0.25) is 0 Å². The third-order valence-corrected chi connectivity index (χ3v) is 2.55. The van der Waals surface area contributed by atoms with Gasteiger partial charge in [0.2, 0.25) is 0 Å². The lowest BCUT2D eigenvalue weighted by molar-refractivity contribution is 0.237. The number of nitrogens with one attached hydrogen (secondary N) is 1. The van der Waals surface area contributed by atoms with Crippen LogP contribution in [0.5, 0.6) is 0 Å². The highest BCUT2D eigenvalue weighted by atomic mass is 19.1. The predicted molar refractivity (Wildman–Crippen MR) is 59.1 cm³/mol. The van der Waals surface area contributed by atoms with Crippen LogP contribution in [0.25, 0.3) is 0 Å². The van der Waals surface area contributed by atoms with Crippen LogP contribution in [0.4, 0.5) is 8.78 Å². The summed E-state index contributed by atoms with van der Waals surface area (Å²) in [6.07, 6.45) is 0.663. The molecule has 3 nitrogen and oxygen atoms in total. The first-order valence-electron chi connectivity index (χ1n) is 5.34. The molecular weight excluding hydrogens is 226 g/mol. The lowest BCUT2D eigenvalue weighted by atomic mass is 10.1. The van der Waals surface area contributed by atoms with E-state index in [4.69, 9.17) is 10.4 Å². The van der Waals surface area contributed by atoms with Gasteiger partial charge >= 0.3 is 0 Å². The van der Waals surface area contributed by atoms with E-state index in [1.54, 1.807) is 6.07 Å². The van der Waals surface area contributed by atoms with Gasteiger partial charge < -0.3 is 10.4 Å². The van der Waals surface area contributed by atoms with Crippen LogP contribution in [0.2, 0.25) is 0 Å². The van der Waals surface area contributed by atoms with Crippen molar-refractivity contribution < 1.29 is 13.9 Å². The number of hydrogen-bond donors (Lipinski definition) is 2. The molecule has 1 aromatic rings. The molecule has 0 bridgehead atoms. The summed E-state index contributed by atoms with van der Waals surface area (Å²) in [5, 5.41) is 20.3. The number of benzene rings is 1. The molecular formula is C12H14F2N2O. The molecule has 5 heteroatoms. The normalized spacial score (nSPS) is 12.2. The Kier molecular flexibility index (Phi) is 5.01. The fraction of sp³-hybridized carbons (Fsp3) is 0.417. The first-order chi connectivity index (χ1) is 8.12. The fourth-order valence-electron chi connectivity index (χ4n) is 1.42. The second-order valence-corrected chi connectivity index (χ2v) is 3.70. The van der Waals surface area contributed by atoms with Crippen molar-refractivity contribution in [1.82, 2.24) is 5.32 Å². The van der Waals surface area contributed by atoms with Crippen molar-refractivity contribution in [3.8, 4) is 6.07 Å². The molecule has 0 aliphatic carbocycles. The summed E-state index contributed by atoms with van der Waals surface area (Å²) >= 11 is 0. The smallest absolute Gasteiger partial charge is 0.131 e. The zero-order chi connectivity index (χ0) is 12.8. The van der Waals surface area contributed by atoms with E-state index in [9.17, 15) is 8.78 Å². The summed E-state index contributed by atoms with van der Waals surface area (Å²) in [7, 11) is 0. The molecule has 0 spiro atoms. The molecule has 0 saturated heterocycles. The van der Waals surface area contributed by atoms with Crippen LogP contribution in [0.1, 0.15) is 24.5 Å². The Morgan fingerprint density at radius 2 is 2.00 bits per heavy atom. The van der Waals surface area contributed by atoms with Crippen LogP contribution in [-0.2, 0) is 6.54 Å². The van der Waals surface area contributed by atoms with Crippen LogP contribution >= 0.6 is 0 Å². The highest BCUT2D eigenvalue weighted by molar-refractivity contribution is 5.34. The largest absolute Gasteiger partial charge is 0.395 e. The van der Waals surface area contributed by atoms with Gasteiger partial charge in [-0.15, -0.1) is 0 Å². The van der Waals surface area contributed by atoms with Crippen LogP contribution in [-0.4, -0.2) is 17.8 Å². The highest BCUT2D eigenvalue weighted by Gasteiger charge is 2.12. The highest BCUT2D eigenvalue weighted by Crippen LogP contribution is 2.15. The molecule has 0 radical (unpaired) electrons. The molecule has 1 rings (SSSR count). The van der Waals surface area contributed by atoms with E-state index in [0.29, 0.717) is 6.42 Å². The first-order valence-corrected chi connectivity index (χ1v) is 5.34. The number of hydrogen-bond acceptors (Lipinski definition) is 3. The minimum Gasteiger partial charge on any atom is -0.395 e. The van der Waals surface area contributed by atoms with Crippen molar-refractivity contribution in [2.75, 3.05) is 6.61 Å². The lowest BCUT2D eigenvalue weighted by Crippen LogP contribution is -2.31. The van der Waals surface area contributed by atoms with Gasteiger partial charge in [0.1, 0.15) is 11.6 Å². The molecule has 0 fully saturated rings. The number of aliphatic hydroxyl groups excluding tert-OH is 1. The van der Waals surface area contributed by atoms with Crippen molar-refractivity contribution >= 4 is 0 Å². The summed E-state index contributed by atoms with van der Waals surface area (Å²) < 4.78 is 26.9. The van der Waals surface area contributed by atoms with Gasteiger partial charge in [0.05, 0.1) is 18.2 Å². The minimum absolute atomic E-state index is 0.0115. The van der Waals surface area contributed by atoms with E-state index >= 15 is 0 Å². The topological polar surface area (TPSA) is 56.0 Å². The van der Waals surface area contributed by atoms with Crippen molar-refractivity contribution in [1.29, 1.82) is 5.26 Å². The summed E-state index contributed by atoms with van der Waals surface area (Å²) in [5.74, 6) is -1.50. The standard InChI is InChI=1S/C12H14F2N2O/c1-2-9(7-17)16-6-10-11(13)3-8(5-15)4-12(10)14/h3-4,9,16-17H,2,6-7H2,1H3. The number of rotatable bonds is 5. The van der Waals surface area contributed by atoms with Gasteiger partial charge in [-0.1, -0.05) is 6.92 Å². The molecule has 17 heavy (non-hydrogen) atoms. The third-order valence-electron chi connectivity index (χ3n) is 2.55. The molecule has 2 N–H and O–H groups in total. The Labute approximate surface area is 98.7 Å². The van der Waals surface area contributed by atoms with E-state index < -0.39 is 11.6 Å². The Morgan fingerprint density at radius 1 is 1.41 bits per heavy atom. The predicted octanol–water partition coefficient (Wildman–Crippen LogP) is 1.70. The van der Waals surface area contributed by atoms with Gasteiger partial charge in [-0.25, -0.2) is 8.78 Å². The average Bonchev–Trinajstić information content (AvgIpc) is 2.32. The van der Waals surface area contributed by atoms with Crippen molar-refractivity contribution in [3.63, 3.8) is 0 Å². The van der Waals surface area contributed by atoms with E-state index in [1.807, 2.05) is 6.92 Å². The van der Waals surface area contributed by atoms with Crippen molar-refractivity contribution in [2.24, 2.45) is 0 Å². The first kappa shape index (κ1) is 13.6. The molecule has 92 valence electrons. The summed E-state index contributed by atoms with van der Waals surface area (Å²) in [4.78, 5) is 0. The van der Waals surface area contributed by atoms with E-state index in [2.05, 4.69) is 5.32 Å². The van der Waals surface area contributed by atoms with Crippen molar-refractivity contribution in [2.45, 2.75) is 25.9 Å². The zero-order valence-electron chi connectivity index (χ0n) is 9.50. The van der Waals surface area contributed by atoms with Gasteiger partial charge in [0.15, 0.2) is 0 Å². The summed E-state index contributed by atoms with van der Waals surface area (Å²) in [6.45, 7) is 1.76. The Hall–Kier alpha value is -1.51. The van der Waals surface area contributed by atoms with Gasteiger partial charge in [-0.05, 0) is 18.6 Å². The van der Waals surface area contributed by atoms with Gasteiger partial charge in [-0.2, -0.15) is 5.26 Å².